The molecule has 1 atom stereocenters. The Bertz CT molecular complexity index is 492. The van der Waals surface area contributed by atoms with Crippen LogP contribution >= 0.6 is 0 Å². The fourth-order valence-corrected chi connectivity index (χ4v) is 3.56. The van der Waals surface area contributed by atoms with Gasteiger partial charge in [0.1, 0.15) is 0 Å². The van der Waals surface area contributed by atoms with E-state index in [1.165, 1.54) is 17.5 Å². The number of carbonyl (C=O) groups is 1. The van der Waals surface area contributed by atoms with Crippen molar-refractivity contribution in [3.8, 4) is 0 Å². The lowest BCUT2D eigenvalue weighted by molar-refractivity contribution is -0.121. The molecule has 22 heavy (non-hydrogen) atoms. The number of hydrogen-bond acceptors (Lipinski definition) is 3. The van der Waals surface area contributed by atoms with Crippen LogP contribution in [0.4, 0.5) is 0 Å². The van der Waals surface area contributed by atoms with Gasteiger partial charge in [-0.1, -0.05) is 24.3 Å². The lowest BCUT2D eigenvalue weighted by atomic mass is 10.1. The van der Waals surface area contributed by atoms with Crippen molar-refractivity contribution in [3.63, 3.8) is 0 Å². The van der Waals surface area contributed by atoms with Gasteiger partial charge in [0.2, 0.25) is 5.91 Å². The summed E-state index contributed by atoms with van der Waals surface area (Å²) >= 11 is 0. The minimum atomic E-state index is 0.214. The minimum absolute atomic E-state index is 0.214. The van der Waals surface area contributed by atoms with Gasteiger partial charge in [-0.25, -0.2) is 0 Å². The van der Waals surface area contributed by atoms with Gasteiger partial charge in [0.05, 0.1) is 0 Å². The predicted molar refractivity (Wildman–Crippen MR) is 88.4 cm³/mol. The first kappa shape index (κ1) is 15.5. The molecule has 0 radical (unpaired) electrons. The van der Waals surface area contributed by atoms with E-state index < -0.39 is 0 Å². The molecular formula is C18H27N3O. The summed E-state index contributed by atoms with van der Waals surface area (Å²) in [6.07, 6.45) is 2.81. The topological polar surface area (TPSA) is 35.6 Å². The third-order valence-corrected chi connectivity index (χ3v) is 4.86. The average Bonchev–Trinajstić information content (AvgIpc) is 3.10. The van der Waals surface area contributed by atoms with Crippen LogP contribution < -0.4 is 5.32 Å². The molecule has 4 nitrogen and oxygen atoms in total. The van der Waals surface area contributed by atoms with E-state index in [2.05, 4.69) is 46.4 Å². The Balaban J connectivity index is 1.30. The fourth-order valence-electron chi connectivity index (χ4n) is 3.56. The maximum Gasteiger partial charge on any atom is 0.220 e. The quantitative estimate of drug-likeness (QED) is 0.871. The highest BCUT2D eigenvalue weighted by molar-refractivity contribution is 5.75. The van der Waals surface area contributed by atoms with Crippen LogP contribution in [0.3, 0.4) is 0 Å². The van der Waals surface area contributed by atoms with Gasteiger partial charge in [-0.05, 0) is 50.0 Å². The van der Waals surface area contributed by atoms with Crippen molar-refractivity contribution in [3.05, 3.63) is 35.4 Å². The van der Waals surface area contributed by atoms with E-state index in [1.54, 1.807) is 0 Å². The van der Waals surface area contributed by atoms with Crippen molar-refractivity contribution in [1.29, 1.82) is 0 Å². The van der Waals surface area contributed by atoms with Gasteiger partial charge < -0.3 is 10.2 Å². The second kappa shape index (κ2) is 7.25. The number of fused-ring (bicyclic) bond motifs is 1. The van der Waals surface area contributed by atoms with Crippen LogP contribution in [0.2, 0.25) is 0 Å². The van der Waals surface area contributed by atoms with Crippen molar-refractivity contribution in [1.82, 2.24) is 15.1 Å². The van der Waals surface area contributed by atoms with E-state index in [-0.39, 0.29) is 5.91 Å². The van der Waals surface area contributed by atoms with Crippen molar-refractivity contribution < 1.29 is 4.79 Å². The van der Waals surface area contributed by atoms with Crippen LogP contribution in [0.1, 0.15) is 30.4 Å². The van der Waals surface area contributed by atoms with Crippen molar-refractivity contribution >= 4 is 5.91 Å². The molecule has 1 saturated heterocycles. The predicted octanol–water partition coefficient (Wildman–Crippen LogP) is 1.85. The molecular weight excluding hydrogens is 274 g/mol. The van der Waals surface area contributed by atoms with E-state index in [0.717, 1.165) is 45.7 Å². The largest absolute Gasteiger partial charge is 0.356 e. The Hall–Kier alpha value is -1.39. The van der Waals surface area contributed by atoms with Gasteiger partial charge in [0, 0.05) is 32.6 Å². The third kappa shape index (κ3) is 4.08. The minimum Gasteiger partial charge on any atom is -0.356 e. The molecule has 0 bridgehead atoms. The molecule has 1 fully saturated rings. The van der Waals surface area contributed by atoms with E-state index in [4.69, 9.17) is 0 Å². The van der Waals surface area contributed by atoms with Crippen LogP contribution in [0.25, 0.3) is 0 Å². The zero-order chi connectivity index (χ0) is 15.4. The number of rotatable bonds is 6. The molecule has 120 valence electrons. The van der Waals surface area contributed by atoms with E-state index >= 15 is 0 Å². The molecule has 1 aromatic carbocycles. The molecule has 1 N–H and O–H groups in total. The standard InChI is InChI=1S/C18H27N3O/c1-20-10-8-15(12-20)11-19-18(22)7-4-9-21-13-16-5-2-3-6-17(16)14-21/h2-3,5-6,15H,4,7-14H2,1H3,(H,19,22)/t15-/m1/s1. The first-order chi connectivity index (χ1) is 10.7. The molecule has 0 spiro atoms. The Morgan fingerprint density at radius 2 is 2.00 bits per heavy atom. The van der Waals surface area contributed by atoms with Crippen molar-refractivity contribution in [2.24, 2.45) is 5.92 Å². The van der Waals surface area contributed by atoms with E-state index in [0.29, 0.717) is 12.3 Å². The molecule has 4 heteroatoms. The molecule has 0 unspecified atom stereocenters. The van der Waals surface area contributed by atoms with Gasteiger partial charge in [0.25, 0.3) is 0 Å². The van der Waals surface area contributed by atoms with Crippen LogP contribution in [0.5, 0.6) is 0 Å². The smallest absolute Gasteiger partial charge is 0.220 e. The Morgan fingerprint density at radius 3 is 2.64 bits per heavy atom. The lowest BCUT2D eigenvalue weighted by Crippen LogP contribution is -2.31. The van der Waals surface area contributed by atoms with Gasteiger partial charge in [-0.3, -0.25) is 9.69 Å². The second-order valence-electron chi connectivity index (χ2n) is 6.80. The summed E-state index contributed by atoms with van der Waals surface area (Å²) in [5.41, 5.74) is 2.88. The average molecular weight is 301 g/mol. The highest BCUT2D eigenvalue weighted by atomic mass is 16.1. The van der Waals surface area contributed by atoms with E-state index in [9.17, 15) is 4.79 Å². The highest BCUT2D eigenvalue weighted by Gasteiger charge is 2.20. The first-order valence-corrected chi connectivity index (χ1v) is 8.45. The van der Waals surface area contributed by atoms with Crippen LogP contribution in [-0.2, 0) is 17.9 Å². The van der Waals surface area contributed by atoms with Crippen LogP contribution in [0.15, 0.2) is 24.3 Å². The number of hydrogen-bond donors (Lipinski definition) is 1. The maximum atomic E-state index is 11.9. The van der Waals surface area contributed by atoms with Gasteiger partial charge in [-0.15, -0.1) is 0 Å². The molecule has 2 aliphatic heterocycles. The summed E-state index contributed by atoms with van der Waals surface area (Å²) in [4.78, 5) is 16.7. The molecule has 0 aromatic heterocycles. The highest BCUT2D eigenvalue weighted by Crippen LogP contribution is 2.22. The van der Waals surface area contributed by atoms with Crippen molar-refractivity contribution in [2.75, 3.05) is 33.2 Å². The summed E-state index contributed by atoms with van der Waals surface area (Å²) < 4.78 is 0. The van der Waals surface area contributed by atoms with Crippen LogP contribution in [0, 0.1) is 5.92 Å². The lowest BCUT2D eigenvalue weighted by Gasteiger charge is -2.15. The number of carbonyl (C=O) groups excluding carboxylic acids is 1. The first-order valence-electron chi connectivity index (χ1n) is 8.45. The summed E-state index contributed by atoms with van der Waals surface area (Å²) in [5, 5.41) is 3.10. The fraction of sp³-hybridized carbons (Fsp3) is 0.611. The number of likely N-dealkylation sites (tertiary alicyclic amines) is 1. The molecule has 2 heterocycles. The maximum absolute atomic E-state index is 11.9. The number of amides is 1. The number of nitrogens with one attached hydrogen (secondary N) is 1. The Kier molecular flexibility index (Phi) is 5.11. The van der Waals surface area contributed by atoms with Gasteiger partial charge in [-0.2, -0.15) is 0 Å². The zero-order valence-electron chi connectivity index (χ0n) is 13.6. The summed E-state index contributed by atoms with van der Waals surface area (Å²) in [6.45, 7) is 6.20. The Labute approximate surface area is 133 Å². The Morgan fingerprint density at radius 1 is 1.27 bits per heavy atom. The zero-order valence-corrected chi connectivity index (χ0v) is 13.6. The molecule has 1 amide bonds. The number of benzene rings is 1. The molecule has 3 rings (SSSR count). The van der Waals surface area contributed by atoms with Crippen LogP contribution in [-0.4, -0.2) is 48.9 Å². The molecule has 1 aromatic rings. The number of nitrogens with zero attached hydrogens (tertiary/aromatic N) is 2. The summed E-state index contributed by atoms with van der Waals surface area (Å²) in [7, 11) is 2.15. The normalized spacial score (nSPS) is 22.0. The molecule has 0 saturated carbocycles. The molecule has 2 aliphatic rings. The van der Waals surface area contributed by atoms with Gasteiger partial charge in [0.15, 0.2) is 0 Å². The SMILES string of the molecule is CN1CC[C@H](CNC(=O)CCCN2Cc3ccccc3C2)C1. The third-order valence-electron chi connectivity index (χ3n) is 4.86. The summed E-state index contributed by atoms with van der Waals surface area (Å²) in [5.74, 6) is 0.855. The van der Waals surface area contributed by atoms with Crippen molar-refractivity contribution in [2.45, 2.75) is 32.4 Å². The van der Waals surface area contributed by atoms with Gasteiger partial charge >= 0.3 is 0 Å². The second-order valence-corrected chi connectivity index (χ2v) is 6.80. The molecule has 0 aliphatic carbocycles. The van der Waals surface area contributed by atoms with E-state index in [1.807, 2.05) is 0 Å². The summed E-state index contributed by atoms with van der Waals surface area (Å²) in [6, 6.07) is 8.63. The monoisotopic (exact) mass is 301 g/mol.